The molecule has 3 rings (SSSR count). The summed E-state index contributed by atoms with van der Waals surface area (Å²) in [4.78, 5) is 14.3. The number of amides is 1. The number of rotatable bonds is 7. The van der Waals surface area contributed by atoms with Crippen molar-refractivity contribution in [2.24, 2.45) is 0 Å². The van der Waals surface area contributed by atoms with E-state index < -0.39 is 30.8 Å². The average molecular weight is 442 g/mol. The van der Waals surface area contributed by atoms with Crippen LogP contribution in [0.5, 0.6) is 5.75 Å². The lowest BCUT2D eigenvalue weighted by atomic mass is 10.1. The number of morpholine rings is 1. The van der Waals surface area contributed by atoms with E-state index in [1.54, 1.807) is 0 Å². The van der Waals surface area contributed by atoms with E-state index in [2.05, 4.69) is 15.5 Å². The molecule has 1 aromatic rings. The molecule has 0 aromatic heterocycles. The lowest BCUT2D eigenvalue weighted by molar-refractivity contribution is -0.123. The summed E-state index contributed by atoms with van der Waals surface area (Å²) >= 11 is 0. The number of nitrogens with one attached hydrogen (secondary N) is 2. The quantitative estimate of drug-likeness (QED) is 0.675. The third-order valence-corrected chi connectivity index (χ3v) is 4.57. The zero-order valence-corrected chi connectivity index (χ0v) is 17.1. The minimum Gasteiger partial charge on any atom is -0.492 e. The van der Waals surface area contributed by atoms with Gasteiger partial charge in [0.1, 0.15) is 12.4 Å². The summed E-state index contributed by atoms with van der Waals surface area (Å²) in [5.74, 6) is -2.48. The summed E-state index contributed by atoms with van der Waals surface area (Å²) in [7, 11) is 0. The summed E-state index contributed by atoms with van der Waals surface area (Å²) < 4.78 is 37.4. The normalized spacial score (nSPS) is 21.3. The van der Waals surface area contributed by atoms with Crippen LogP contribution in [-0.4, -0.2) is 68.8 Å². The molecule has 0 bridgehead atoms. The molecule has 2 aliphatic heterocycles. The van der Waals surface area contributed by atoms with E-state index in [9.17, 15) is 13.6 Å². The summed E-state index contributed by atoms with van der Waals surface area (Å²) in [5, 5.41) is 5.25. The summed E-state index contributed by atoms with van der Waals surface area (Å²) in [5.41, 5.74) is 0.868. The molecule has 10 heteroatoms. The molecule has 1 amide bonds. The highest BCUT2D eigenvalue weighted by atomic mass is 35.5. The number of carbonyl (C=O) groups excluding carboxylic acids is 1. The van der Waals surface area contributed by atoms with Gasteiger partial charge in [0, 0.05) is 32.6 Å². The van der Waals surface area contributed by atoms with Crippen LogP contribution in [-0.2, 0) is 16.1 Å². The number of benzene rings is 1. The van der Waals surface area contributed by atoms with E-state index >= 15 is 0 Å². The topological polar surface area (TPSA) is 62.8 Å². The van der Waals surface area contributed by atoms with Gasteiger partial charge in [0.2, 0.25) is 5.91 Å². The predicted molar refractivity (Wildman–Crippen MR) is 107 cm³/mol. The lowest BCUT2D eigenvalue weighted by Crippen LogP contribution is -2.40. The molecular formula is C18H27Cl2F2N3O3. The van der Waals surface area contributed by atoms with Crippen LogP contribution in [0.15, 0.2) is 24.3 Å². The zero-order valence-electron chi connectivity index (χ0n) is 15.5. The lowest BCUT2D eigenvalue weighted by Gasteiger charge is -2.26. The van der Waals surface area contributed by atoms with Gasteiger partial charge in [-0.1, -0.05) is 12.1 Å². The summed E-state index contributed by atoms with van der Waals surface area (Å²) in [6, 6.07) is 6.61. The number of nitrogens with zero attached hydrogens (tertiary/aromatic N) is 1. The van der Waals surface area contributed by atoms with Crippen LogP contribution < -0.4 is 15.4 Å². The smallest absolute Gasteiger partial charge is 0.262 e. The van der Waals surface area contributed by atoms with Crippen molar-refractivity contribution in [2.45, 2.75) is 24.9 Å². The first-order valence-electron chi connectivity index (χ1n) is 8.93. The van der Waals surface area contributed by atoms with E-state index in [-0.39, 0.29) is 31.4 Å². The Bertz CT molecular complexity index is 619. The van der Waals surface area contributed by atoms with E-state index in [1.165, 1.54) is 0 Å². The van der Waals surface area contributed by atoms with Crippen LogP contribution in [0.3, 0.4) is 0 Å². The molecule has 6 nitrogen and oxygen atoms in total. The summed E-state index contributed by atoms with van der Waals surface area (Å²) in [6.07, 6.45) is -0.455. The molecule has 2 saturated heterocycles. The Morgan fingerprint density at radius 1 is 1.32 bits per heavy atom. The second-order valence-corrected chi connectivity index (χ2v) is 6.66. The number of hydrogen-bond acceptors (Lipinski definition) is 5. The minimum absolute atomic E-state index is 0. The highest BCUT2D eigenvalue weighted by Gasteiger charge is 2.42. The maximum absolute atomic E-state index is 13.2. The van der Waals surface area contributed by atoms with Gasteiger partial charge >= 0.3 is 0 Å². The highest BCUT2D eigenvalue weighted by molar-refractivity contribution is 5.85. The van der Waals surface area contributed by atoms with Gasteiger partial charge in [0.05, 0.1) is 25.8 Å². The van der Waals surface area contributed by atoms with E-state index in [1.807, 2.05) is 24.3 Å². The van der Waals surface area contributed by atoms with Crippen molar-refractivity contribution >= 4 is 30.7 Å². The number of ether oxygens (including phenoxy) is 2. The fraction of sp³-hybridized carbons (Fsp3) is 0.611. The van der Waals surface area contributed by atoms with Gasteiger partial charge in [-0.25, -0.2) is 8.78 Å². The molecule has 160 valence electrons. The van der Waals surface area contributed by atoms with Crippen molar-refractivity contribution in [3.05, 3.63) is 29.8 Å². The number of alkyl halides is 2. The van der Waals surface area contributed by atoms with Gasteiger partial charge in [-0.2, -0.15) is 0 Å². The zero-order chi connectivity index (χ0) is 18.4. The van der Waals surface area contributed by atoms with Crippen molar-refractivity contribution in [3.63, 3.8) is 0 Å². The monoisotopic (exact) mass is 441 g/mol. The molecular weight excluding hydrogens is 415 g/mol. The van der Waals surface area contributed by atoms with Gasteiger partial charge in [0.25, 0.3) is 5.92 Å². The number of hydrogen-bond donors (Lipinski definition) is 2. The van der Waals surface area contributed by atoms with Crippen LogP contribution >= 0.6 is 24.8 Å². The molecule has 0 spiro atoms. The molecule has 2 heterocycles. The second-order valence-electron chi connectivity index (χ2n) is 6.66. The largest absolute Gasteiger partial charge is 0.492 e. The van der Waals surface area contributed by atoms with Crippen LogP contribution in [0.1, 0.15) is 12.0 Å². The van der Waals surface area contributed by atoms with Crippen molar-refractivity contribution in [1.82, 2.24) is 15.5 Å². The van der Waals surface area contributed by atoms with Crippen molar-refractivity contribution in [3.8, 4) is 5.75 Å². The Hall–Kier alpha value is -1.19. The fourth-order valence-corrected chi connectivity index (χ4v) is 3.08. The van der Waals surface area contributed by atoms with E-state index in [4.69, 9.17) is 9.47 Å². The van der Waals surface area contributed by atoms with Crippen LogP contribution in [0.25, 0.3) is 0 Å². The molecule has 0 radical (unpaired) electrons. The second kappa shape index (κ2) is 11.7. The molecule has 1 aromatic carbocycles. The number of carbonyl (C=O) groups is 1. The standard InChI is InChI=1S/C18H25F2N3O3.2ClH/c19-18(20)11-16(22-13-18)17(24)21-12-14-2-1-3-15(10-14)26-9-6-23-4-7-25-8-5-23;;/h1-3,10,16,22H,4-9,11-13H2,(H,21,24);2*1H. The molecule has 0 aliphatic carbocycles. The molecule has 2 N–H and O–H groups in total. The first-order valence-corrected chi connectivity index (χ1v) is 8.93. The van der Waals surface area contributed by atoms with Crippen LogP contribution in [0.4, 0.5) is 8.78 Å². The molecule has 1 atom stereocenters. The number of halogens is 4. The van der Waals surface area contributed by atoms with Gasteiger partial charge in [-0.3, -0.25) is 15.0 Å². The van der Waals surface area contributed by atoms with Gasteiger partial charge in [0.15, 0.2) is 0 Å². The van der Waals surface area contributed by atoms with Gasteiger partial charge < -0.3 is 14.8 Å². The molecule has 0 saturated carbocycles. The third-order valence-electron chi connectivity index (χ3n) is 4.57. The SMILES string of the molecule is Cl.Cl.O=C(NCc1cccc(OCCN2CCOCC2)c1)C1CC(F)(F)CN1. The van der Waals surface area contributed by atoms with Crippen molar-refractivity contribution < 1.29 is 23.0 Å². The maximum atomic E-state index is 13.2. The Morgan fingerprint density at radius 3 is 2.75 bits per heavy atom. The van der Waals surface area contributed by atoms with Gasteiger partial charge in [-0.15, -0.1) is 24.8 Å². The summed E-state index contributed by atoms with van der Waals surface area (Å²) in [6.45, 7) is 4.62. The molecule has 2 aliphatic rings. The Labute approximate surface area is 176 Å². The first-order chi connectivity index (χ1) is 12.5. The van der Waals surface area contributed by atoms with E-state index in [0.29, 0.717) is 6.61 Å². The minimum atomic E-state index is -2.81. The maximum Gasteiger partial charge on any atom is 0.262 e. The Morgan fingerprint density at radius 2 is 2.07 bits per heavy atom. The van der Waals surface area contributed by atoms with E-state index in [0.717, 1.165) is 44.2 Å². The fourth-order valence-electron chi connectivity index (χ4n) is 3.08. The third kappa shape index (κ3) is 7.67. The van der Waals surface area contributed by atoms with Gasteiger partial charge in [-0.05, 0) is 17.7 Å². The highest BCUT2D eigenvalue weighted by Crippen LogP contribution is 2.25. The molecule has 28 heavy (non-hydrogen) atoms. The average Bonchev–Trinajstić information content (AvgIpc) is 3.01. The first kappa shape index (κ1) is 24.8. The van der Waals surface area contributed by atoms with Crippen molar-refractivity contribution in [1.29, 1.82) is 0 Å². The van der Waals surface area contributed by atoms with Crippen LogP contribution in [0, 0.1) is 0 Å². The predicted octanol–water partition coefficient (Wildman–Crippen LogP) is 1.85. The Kier molecular flexibility index (Phi) is 10.4. The molecule has 1 unspecified atom stereocenters. The van der Waals surface area contributed by atoms with Crippen LogP contribution in [0.2, 0.25) is 0 Å². The van der Waals surface area contributed by atoms with Crippen molar-refractivity contribution in [2.75, 3.05) is 46.0 Å². The Balaban J connectivity index is 0.00000196. The molecule has 2 fully saturated rings.